The van der Waals surface area contributed by atoms with Crippen molar-refractivity contribution in [3.05, 3.63) is 29.8 Å². The van der Waals surface area contributed by atoms with Crippen molar-refractivity contribution in [2.75, 3.05) is 0 Å². The summed E-state index contributed by atoms with van der Waals surface area (Å²) in [6, 6.07) is 3.75. The third kappa shape index (κ3) is 1.55. The molecule has 0 spiro atoms. The van der Waals surface area contributed by atoms with Gasteiger partial charge in [0.05, 0.1) is 5.56 Å². The van der Waals surface area contributed by atoms with E-state index < -0.39 is 5.82 Å². The van der Waals surface area contributed by atoms with Crippen molar-refractivity contribution in [1.82, 2.24) is 19.8 Å². The minimum atomic E-state index is -0.416. The van der Waals surface area contributed by atoms with Gasteiger partial charge in [0.1, 0.15) is 11.6 Å². The summed E-state index contributed by atoms with van der Waals surface area (Å²) in [4.78, 5) is 0.612. The van der Waals surface area contributed by atoms with Gasteiger partial charge in [-0.15, -0.1) is 10.2 Å². The predicted molar refractivity (Wildman–Crippen MR) is 60.5 cm³/mol. The van der Waals surface area contributed by atoms with Crippen LogP contribution in [0.25, 0.3) is 15.5 Å². The van der Waals surface area contributed by atoms with Gasteiger partial charge < -0.3 is 5.11 Å². The second-order valence-corrected chi connectivity index (χ2v) is 4.47. The van der Waals surface area contributed by atoms with Crippen LogP contribution in [0.4, 0.5) is 4.39 Å². The maximum Gasteiger partial charge on any atom is 0.234 e. The zero-order valence-electron chi connectivity index (χ0n) is 8.75. The Morgan fingerprint density at radius 2 is 2.18 bits per heavy atom. The normalized spacial score (nSPS) is 11.2. The minimum Gasteiger partial charge on any atom is -0.507 e. The molecule has 2 aromatic heterocycles. The molecule has 0 radical (unpaired) electrons. The van der Waals surface area contributed by atoms with E-state index in [4.69, 9.17) is 0 Å². The molecule has 0 bridgehead atoms. The van der Waals surface area contributed by atoms with Crippen molar-refractivity contribution in [3.8, 4) is 16.3 Å². The molecule has 1 N–H and O–H groups in total. The van der Waals surface area contributed by atoms with Crippen LogP contribution >= 0.6 is 11.3 Å². The van der Waals surface area contributed by atoms with Crippen molar-refractivity contribution in [2.45, 2.75) is 6.92 Å². The highest BCUT2D eigenvalue weighted by Crippen LogP contribution is 2.32. The van der Waals surface area contributed by atoms with E-state index in [1.807, 2.05) is 0 Å². The molecule has 7 heteroatoms. The molecule has 17 heavy (non-hydrogen) atoms. The molecule has 0 saturated heterocycles. The van der Waals surface area contributed by atoms with Gasteiger partial charge in [-0.1, -0.05) is 11.3 Å². The largest absolute Gasteiger partial charge is 0.507 e. The maximum atomic E-state index is 13.1. The van der Waals surface area contributed by atoms with Crippen LogP contribution in [-0.2, 0) is 0 Å². The first-order valence-electron chi connectivity index (χ1n) is 4.83. The monoisotopic (exact) mass is 250 g/mol. The smallest absolute Gasteiger partial charge is 0.234 e. The average Bonchev–Trinajstić information content (AvgIpc) is 2.85. The molecule has 0 aliphatic carbocycles. The van der Waals surface area contributed by atoms with Crippen molar-refractivity contribution in [3.63, 3.8) is 0 Å². The van der Waals surface area contributed by atoms with E-state index in [1.165, 1.54) is 29.5 Å². The standard InChI is InChI=1S/C10H7FN4OS/c1-5-12-13-10-15(5)14-9(17-10)7-4-6(11)2-3-8(7)16/h2-4,16H,1H3. The number of benzene rings is 1. The van der Waals surface area contributed by atoms with Gasteiger partial charge >= 0.3 is 0 Å². The number of phenols is 1. The highest BCUT2D eigenvalue weighted by Gasteiger charge is 2.14. The fourth-order valence-electron chi connectivity index (χ4n) is 1.50. The molecule has 5 nitrogen and oxygen atoms in total. The van der Waals surface area contributed by atoms with Gasteiger partial charge in [-0.25, -0.2) is 4.39 Å². The Kier molecular flexibility index (Phi) is 2.08. The zero-order chi connectivity index (χ0) is 12.0. The summed E-state index contributed by atoms with van der Waals surface area (Å²) in [6.07, 6.45) is 0. The summed E-state index contributed by atoms with van der Waals surface area (Å²) < 4.78 is 14.7. The van der Waals surface area contributed by atoms with E-state index in [9.17, 15) is 9.50 Å². The number of aromatic hydroxyl groups is 1. The lowest BCUT2D eigenvalue weighted by atomic mass is 10.2. The SMILES string of the molecule is Cc1nnc2sc(-c3cc(F)ccc3O)nn12. The Hall–Kier alpha value is -2.02. The Bertz CT molecular complexity index is 705. The number of nitrogens with zero attached hydrogens (tertiary/aromatic N) is 4. The summed E-state index contributed by atoms with van der Waals surface area (Å²) in [5, 5.41) is 22.2. The first-order valence-corrected chi connectivity index (χ1v) is 5.64. The molecule has 3 rings (SSSR count). The molecule has 86 valence electrons. The lowest BCUT2D eigenvalue weighted by Gasteiger charge is -1.99. The summed E-state index contributed by atoms with van der Waals surface area (Å²) in [5.74, 6) is 0.230. The molecule has 0 unspecified atom stereocenters. The molecule has 0 fully saturated rings. The second kappa shape index (κ2) is 3.49. The number of halogens is 1. The minimum absolute atomic E-state index is 0.00554. The molecule has 0 aliphatic heterocycles. The summed E-state index contributed by atoms with van der Waals surface area (Å²) >= 11 is 1.25. The third-order valence-corrected chi connectivity index (χ3v) is 3.27. The van der Waals surface area contributed by atoms with Gasteiger partial charge in [-0.2, -0.15) is 9.61 Å². The van der Waals surface area contributed by atoms with Crippen LogP contribution in [0, 0.1) is 12.7 Å². The summed E-state index contributed by atoms with van der Waals surface area (Å²) in [6.45, 7) is 1.77. The number of hydrogen-bond donors (Lipinski definition) is 1. The fourth-order valence-corrected chi connectivity index (χ4v) is 2.41. The third-order valence-electron chi connectivity index (χ3n) is 2.34. The number of hydrogen-bond acceptors (Lipinski definition) is 5. The van der Waals surface area contributed by atoms with E-state index in [1.54, 1.807) is 11.4 Å². The number of aryl methyl sites for hydroxylation is 1. The highest BCUT2D eigenvalue weighted by molar-refractivity contribution is 7.19. The quantitative estimate of drug-likeness (QED) is 0.717. The zero-order valence-corrected chi connectivity index (χ0v) is 9.57. The van der Waals surface area contributed by atoms with E-state index in [0.717, 1.165) is 0 Å². The van der Waals surface area contributed by atoms with Gasteiger partial charge in [-0.3, -0.25) is 0 Å². The molecule has 0 saturated carbocycles. The maximum absolute atomic E-state index is 13.1. The van der Waals surface area contributed by atoms with Crippen LogP contribution in [0.3, 0.4) is 0 Å². The van der Waals surface area contributed by atoms with Crippen molar-refractivity contribution in [2.24, 2.45) is 0 Å². The molecule has 1 aromatic carbocycles. The Morgan fingerprint density at radius 3 is 2.94 bits per heavy atom. The van der Waals surface area contributed by atoms with Crippen molar-refractivity contribution in [1.29, 1.82) is 0 Å². The van der Waals surface area contributed by atoms with E-state index in [-0.39, 0.29) is 5.75 Å². The van der Waals surface area contributed by atoms with Gasteiger partial charge in [-0.05, 0) is 25.1 Å². The van der Waals surface area contributed by atoms with Gasteiger partial charge in [0.2, 0.25) is 4.96 Å². The van der Waals surface area contributed by atoms with Crippen LogP contribution in [0.1, 0.15) is 5.82 Å². The van der Waals surface area contributed by atoms with Gasteiger partial charge in [0, 0.05) is 0 Å². The fraction of sp³-hybridized carbons (Fsp3) is 0.100. The van der Waals surface area contributed by atoms with E-state index in [0.29, 0.717) is 21.4 Å². The topological polar surface area (TPSA) is 63.3 Å². The van der Waals surface area contributed by atoms with E-state index >= 15 is 0 Å². The molecule has 0 amide bonds. The Labute approximate surface area is 99.2 Å². The number of phenolic OH excluding ortho intramolecular Hbond substituents is 1. The van der Waals surface area contributed by atoms with Crippen molar-refractivity contribution >= 4 is 16.3 Å². The lowest BCUT2D eigenvalue weighted by Crippen LogP contribution is -1.89. The van der Waals surface area contributed by atoms with Crippen LogP contribution in [0.15, 0.2) is 18.2 Å². The molecule has 2 heterocycles. The van der Waals surface area contributed by atoms with Crippen molar-refractivity contribution < 1.29 is 9.50 Å². The number of rotatable bonds is 1. The van der Waals surface area contributed by atoms with Gasteiger partial charge in [0.15, 0.2) is 10.8 Å². The molecular formula is C10H7FN4OS. The number of fused-ring (bicyclic) bond motifs is 1. The van der Waals surface area contributed by atoms with Crippen LogP contribution in [0.2, 0.25) is 0 Å². The second-order valence-electron chi connectivity index (χ2n) is 3.51. The molecular weight excluding hydrogens is 243 g/mol. The van der Waals surface area contributed by atoms with Crippen LogP contribution in [0.5, 0.6) is 5.75 Å². The van der Waals surface area contributed by atoms with Crippen LogP contribution < -0.4 is 0 Å². The first kappa shape index (κ1) is 10.2. The Morgan fingerprint density at radius 1 is 1.35 bits per heavy atom. The highest BCUT2D eigenvalue weighted by atomic mass is 32.1. The number of aromatic nitrogens is 4. The lowest BCUT2D eigenvalue weighted by molar-refractivity contribution is 0.475. The summed E-state index contributed by atoms with van der Waals surface area (Å²) in [5.41, 5.74) is 0.361. The van der Waals surface area contributed by atoms with Crippen LogP contribution in [-0.4, -0.2) is 24.9 Å². The molecule has 3 aromatic rings. The molecule has 0 atom stereocenters. The Balaban J connectivity index is 2.23. The van der Waals surface area contributed by atoms with E-state index in [2.05, 4.69) is 15.3 Å². The molecule has 0 aliphatic rings. The first-order chi connectivity index (χ1) is 8.15. The average molecular weight is 250 g/mol. The summed E-state index contributed by atoms with van der Waals surface area (Å²) in [7, 11) is 0. The predicted octanol–water partition coefficient (Wildman–Crippen LogP) is 2.01. The van der Waals surface area contributed by atoms with Gasteiger partial charge in [0.25, 0.3) is 0 Å².